The first kappa shape index (κ1) is 15.0. The predicted octanol–water partition coefficient (Wildman–Crippen LogP) is 2.82. The molecule has 0 fully saturated rings. The van der Waals surface area contributed by atoms with E-state index < -0.39 is 0 Å². The molecule has 1 amide bonds. The normalized spacial score (nSPS) is 17.9. The molecular formula is C17H26N2O. The lowest BCUT2D eigenvalue weighted by molar-refractivity contribution is -0.122. The van der Waals surface area contributed by atoms with Gasteiger partial charge in [-0.2, -0.15) is 0 Å². The van der Waals surface area contributed by atoms with E-state index in [2.05, 4.69) is 36.6 Å². The van der Waals surface area contributed by atoms with E-state index >= 15 is 0 Å². The molecule has 1 aliphatic heterocycles. The molecule has 3 heteroatoms. The Morgan fingerprint density at radius 2 is 2.15 bits per heavy atom. The number of benzene rings is 1. The standard InChI is InChI=1S/C17H26N2O/c1-13(2)7-5-6-10-19-17(20)16-12-18-11-14-8-3-4-9-15(14)16/h3-4,8-9,13,16,18H,5-7,10-12H2,1-2H3,(H,19,20). The number of hydrogen-bond donors (Lipinski definition) is 2. The molecule has 0 aromatic heterocycles. The monoisotopic (exact) mass is 274 g/mol. The maximum Gasteiger partial charge on any atom is 0.228 e. The van der Waals surface area contributed by atoms with Gasteiger partial charge in [0.05, 0.1) is 5.92 Å². The minimum absolute atomic E-state index is 0.0370. The molecular weight excluding hydrogens is 248 g/mol. The van der Waals surface area contributed by atoms with Crippen molar-refractivity contribution < 1.29 is 4.79 Å². The summed E-state index contributed by atoms with van der Waals surface area (Å²) in [5, 5.41) is 6.42. The van der Waals surface area contributed by atoms with E-state index in [9.17, 15) is 4.79 Å². The Bertz CT molecular complexity index is 442. The summed E-state index contributed by atoms with van der Waals surface area (Å²) in [6.07, 6.45) is 3.51. The number of fused-ring (bicyclic) bond motifs is 1. The molecule has 1 unspecified atom stereocenters. The topological polar surface area (TPSA) is 41.1 Å². The number of unbranched alkanes of at least 4 members (excludes halogenated alkanes) is 1. The molecule has 1 aromatic rings. The lowest BCUT2D eigenvalue weighted by atomic mass is 9.90. The first-order valence-electron chi connectivity index (χ1n) is 7.74. The van der Waals surface area contributed by atoms with Gasteiger partial charge >= 0.3 is 0 Å². The van der Waals surface area contributed by atoms with Gasteiger partial charge in [-0.3, -0.25) is 4.79 Å². The highest BCUT2D eigenvalue weighted by Gasteiger charge is 2.25. The van der Waals surface area contributed by atoms with E-state index in [0.717, 1.165) is 32.0 Å². The van der Waals surface area contributed by atoms with Crippen molar-refractivity contribution in [2.75, 3.05) is 13.1 Å². The average molecular weight is 274 g/mol. The molecule has 0 bridgehead atoms. The Kier molecular flexibility index (Phi) is 5.60. The van der Waals surface area contributed by atoms with Crippen molar-refractivity contribution in [1.29, 1.82) is 0 Å². The van der Waals surface area contributed by atoms with Crippen LogP contribution in [0.3, 0.4) is 0 Å². The van der Waals surface area contributed by atoms with Crippen LogP contribution in [0.5, 0.6) is 0 Å². The summed E-state index contributed by atoms with van der Waals surface area (Å²) in [5.41, 5.74) is 2.43. The zero-order valence-corrected chi connectivity index (χ0v) is 12.6. The van der Waals surface area contributed by atoms with Gasteiger partial charge in [-0.25, -0.2) is 0 Å². The Balaban J connectivity index is 1.82. The van der Waals surface area contributed by atoms with E-state index in [1.165, 1.54) is 24.0 Å². The zero-order chi connectivity index (χ0) is 14.4. The molecule has 20 heavy (non-hydrogen) atoms. The minimum Gasteiger partial charge on any atom is -0.356 e. The molecule has 1 aliphatic rings. The quantitative estimate of drug-likeness (QED) is 0.783. The molecule has 1 aromatic carbocycles. The third-order valence-corrected chi connectivity index (χ3v) is 3.92. The van der Waals surface area contributed by atoms with Gasteiger partial charge in [0.2, 0.25) is 5.91 Å². The first-order valence-corrected chi connectivity index (χ1v) is 7.74. The summed E-state index contributed by atoms with van der Waals surface area (Å²) in [7, 11) is 0. The van der Waals surface area contributed by atoms with E-state index in [0.29, 0.717) is 0 Å². The SMILES string of the molecule is CC(C)CCCCNC(=O)C1CNCc2ccccc21. The van der Waals surface area contributed by atoms with Crippen LogP contribution in [0.2, 0.25) is 0 Å². The molecule has 1 atom stereocenters. The molecule has 110 valence electrons. The van der Waals surface area contributed by atoms with Crippen molar-refractivity contribution in [2.45, 2.75) is 45.6 Å². The minimum atomic E-state index is -0.0370. The number of hydrogen-bond acceptors (Lipinski definition) is 2. The first-order chi connectivity index (χ1) is 9.68. The molecule has 1 heterocycles. The van der Waals surface area contributed by atoms with Gasteiger partial charge in [0.25, 0.3) is 0 Å². The Morgan fingerprint density at radius 3 is 2.95 bits per heavy atom. The second kappa shape index (κ2) is 7.44. The van der Waals surface area contributed by atoms with Crippen LogP contribution in [0, 0.1) is 5.92 Å². The van der Waals surface area contributed by atoms with E-state index in [1.807, 2.05) is 12.1 Å². The van der Waals surface area contributed by atoms with Crippen LogP contribution >= 0.6 is 0 Å². The fraction of sp³-hybridized carbons (Fsp3) is 0.588. The summed E-state index contributed by atoms with van der Waals surface area (Å²) in [6.45, 7) is 6.89. The van der Waals surface area contributed by atoms with Crippen molar-refractivity contribution in [3.05, 3.63) is 35.4 Å². The Hall–Kier alpha value is -1.35. The number of rotatable bonds is 6. The summed E-state index contributed by atoms with van der Waals surface area (Å²) in [5.74, 6) is 0.874. The zero-order valence-electron chi connectivity index (χ0n) is 12.6. The fourth-order valence-electron chi connectivity index (χ4n) is 2.74. The van der Waals surface area contributed by atoms with Gasteiger partial charge < -0.3 is 10.6 Å². The molecule has 2 rings (SSSR count). The maximum atomic E-state index is 12.3. The molecule has 0 saturated carbocycles. The highest BCUT2D eigenvalue weighted by Crippen LogP contribution is 2.23. The summed E-state index contributed by atoms with van der Waals surface area (Å²) in [6, 6.07) is 8.24. The fourth-order valence-corrected chi connectivity index (χ4v) is 2.74. The Morgan fingerprint density at radius 1 is 1.35 bits per heavy atom. The molecule has 0 radical (unpaired) electrons. The lowest BCUT2D eigenvalue weighted by Crippen LogP contribution is -2.39. The molecule has 0 aliphatic carbocycles. The lowest BCUT2D eigenvalue weighted by Gasteiger charge is -2.25. The highest BCUT2D eigenvalue weighted by molar-refractivity contribution is 5.84. The van der Waals surface area contributed by atoms with Crippen molar-refractivity contribution in [3.63, 3.8) is 0 Å². The van der Waals surface area contributed by atoms with Crippen molar-refractivity contribution in [3.8, 4) is 0 Å². The van der Waals surface area contributed by atoms with Crippen LogP contribution in [0.4, 0.5) is 0 Å². The highest BCUT2D eigenvalue weighted by atomic mass is 16.1. The average Bonchev–Trinajstić information content (AvgIpc) is 2.45. The van der Waals surface area contributed by atoms with Crippen molar-refractivity contribution in [2.24, 2.45) is 5.92 Å². The van der Waals surface area contributed by atoms with Crippen molar-refractivity contribution in [1.82, 2.24) is 10.6 Å². The molecule has 3 nitrogen and oxygen atoms in total. The number of carbonyl (C=O) groups excluding carboxylic acids is 1. The largest absolute Gasteiger partial charge is 0.356 e. The van der Waals surface area contributed by atoms with E-state index in [-0.39, 0.29) is 11.8 Å². The maximum absolute atomic E-state index is 12.3. The van der Waals surface area contributed by atoms with Crippen LogP contribution in [-0.2, 0) is 11.3 Å². The van der Waals surface area contributed by atoms with Crippen LogP contribution in [0.15, 0.2) is 24.3 Å². The van der Waals surface area contributed by atoms with Crippen molar-refractivity contribution >= 4 is 5.91 Å². The summed E-state index contributed by atoms with van der Waals surface area (Å²) in [4.78, 5) is 12.3. The van der Waals surface area contributed by atoms with Crippen LogP contribution < -0.4 is 10.6 Å². The van der Waals surface area contributed by atoms with Gasteiger partial charge in [0.15, 0.2) is 0 Å². The third-order valence-electron chi connectivity index (χ3n) is 3.92. The molecule has 2 N–H and O–H groups in total. The summed E-state index contributed by atoms with van der Waals surface area (Å²) >= 11 is 0. The van der Waals surface area contributed by atoms with Crippen LogP contribution in [0.25, 0.3) is 0 Å². The van der Waals surface area contributed by atoms with Gasteiger partial charge in [-0.1, -0.05) is 51.0 Å². The number of carbonyl (C=O) groups is 1. The number of amides is 1. The third kappa shape index (κ3) is 4.07. The number of nitrogens with one attached hydrogen (secondary N) is 2. The van der Waals surface area contributed by atoms with Crippen LogP contribution in [0.1, 0.15) is 50.2 Å². The van der Waals surface area contributed by atoms with Gasteiger partial charge in [0.1, 0.15) is 0 Å². The summed E-state index contributed by atoms with van der Waals surface area (Å²) < 4.78 is 0. The van der Waals surface area contributed by atoms with Gasteiger partial charge in [-0.15, -0.1) is 0 Å². The predicted molar refractivity (Wildman–Crippen MR) is 82.6 cm³/mol. The second-order valence-electron chi connectivity index (χ2n) is 6.06. The molecule has 0 spiro atoms. The molecule has 0 saturated heterocycles. The van der Waals surface area contributed by atoms with Gasteiger partial charge in [-0.05, 0) is 23.5 Å². The van der Waals surface area contributed by atoms with Crippen LogP contribution in [-0.4, -0.2) is 19.0 Å². The van der Waals surface area contributed by atoms with E-state index in [1.54, 1.807) is 0 Å². The van der Waals surface area contributed by atoms with Gasteiger partial charge in [0, 0.05) is 19.6 Å². The van der Waals surface area contributed by atoms with E-state index in [4.69, 9.17) is 0 Å². The second-order valence-corrected chi connectivity index (χ2v) is 6.06. The smallest absolute Gasteiger partial charge is 0.228 e. The Labute approximate surface area is 122 Å².